The molecule has 1 rings (SSSR count). The Morgan fingerprint density at radius 3 is 2.29 bits per heavy atom. The summed E-state index contributed by atoms with van der Waals surface area (Å²) in [6.45, 7) is 5.24. The van der Waals surface area contributed by atoms with Gasteiger partial charge in [0.15, 0.2) is 0 Å². The lowest BCUT2D eigenvalue weighted by atomic mass is 10.1. The Hall–Kier alpha value is -1.33. The maximum absolute atomic E-state index is 12.6. The van der Waals surface area contributed by atoms with Crippen LogP contribution in [-0.2, 0) is 6.42 Å². The molecule has 0 saturated carbocycles. The summed E-state index contributed by atoms with van der Waals surface area (Å²) < 4.78 is 64.4. The number of aryl methyl sites for hydroxylation is 1. The highest BCUT2D eigenvalue weighted by molar-refractivity contribution is 5.29. The molecule has 1 nitrogen and oxygen atoms in total. The molecule has 0 aliphatic heterocycles. The van der Waals surface area contributed by atoms with Crippen molar-refractivity contribution in [2.45, 2.75) is 25.1 Å². The minimum Gasteiger partial charge on any atom is -0.426 e. The van der Waals surface area contributed by atoms with Crippen LogP contribution in [0.4, 0.5) is 22.0 Å². The van der Waals surface area contributed by atoms with E-state index in [4.69, 9.17) is 6.92 Å². The smallest absolute Gasteiger partial charge is 0.426 e. The van der Waals surface area contributed by atoms with Crippen LogP contribution >= 0.6 is 0 Å². The molecule has 0 bridgehead atoms. The van der Waals surface area contributed by atoms with Gasteiger partial charge in [-0.2, -0.15) is 22.0 Å². The standard InChI is InChI=1S/C11H9F5O/c1-2-4-8-5-3-6-9(7-8)17-11(15,16)10(12,13)14/h1,3,5-7H,2,4H2. The number of hydrogen-bond donors (Lipinski definition) is 0. The van der Waals surface area contributed by atoms with Gasteiger partial charge in [0.05, 0.1) is 0 Å². The second-order valence-corrected chi connectivity index (χ2v) is 3.30. The molecule has 0 spiro atoms. The second-order valence-electron chi connectivity index (χ2n) is 3.30. The highest BCUT2D eigenvalue weighted by atomic mass is 19.4. The van der Waals surface area contributed by atoms with Crippen molar-refractivity contribution in [1.82, 2.24) is 0 Å². The van der Waals surface area contributed by atoms with Gasteiger partial charge in [0.2, 0.25) is 0 Å². The van der Waals surface area contributed by atoms with E-state index >= 15 is 0 Å². The largest absolute Gasteiger partial charge is 0.499 e. The van der Waals surface area contributed by atoms with Crippen LogP contribution in [0.3, 0.4) is 0 Å². The van der Waals surface area contributed by atoms with Crippen molar-refractivity contribution in [2.75, 3.05) is 0 Å². The first-order chi connectivity index (χ1) is 7.76. The van der Waals surface area contributed by atoms with E-state index in [1.54, 1.807) is 6.07 Å². The fourth-order valence-electron chi connectivity index (χ4n) is 1.14. The lowest BCUT2D eigenvalue weighted by Gasteiger charge is -2.20. The van der Waals surface area contributed by atoms with Crippen molar-refractivity contribution in [1.29, 1.82) is 0 Å². The van der Waals surface area contributed by atoms with Crippen molar-refractivity contribution >= 4 is 0 Å². The second kappa shape index (κ2) is 4.89. The summed E-state index contributed by atoms with van der Waals surface area (Å²) >= 11 is 0. The number of halogens is 5. The van der Waals surface area contributed by atoms with E-state index in [1.807, 2.05) is 0 Å². The molecule has 0 atom stereocenters. The number of alkyl halides is 5. The summed E-state index contributed by atoms with van der Waals surface area (Å²) in [6, 6.07) is 5.02. The van der Waals surface area contributed by atoms with Gasteiger partial charge < -0.3 is 4.74 Å². The summed E-state index contributed by atoms with van der Waals surface area (Å²) in [5.74, 6) is -0.543. The molecule has 0 N–H and O–H groups in total. The topological polar surface area (TPSA) is 9.23 Å². The Bertz CT molecular complexity index is 372. The monoisotopic (exact) mass is 252 g/mol. The molecule has 2 radical (unpaired) electrons. The van der Waals surface area contributed by atoms with E-state index in [9.17, 15) is 22.0 Å². The molecule has 0 aliphatic carbocycles. The first-order valence-electron chi connectivity index (χ1n) is 4.69. The van der Waals surface area contributed by atoms with Crippen molar-refractivity contribution in [2.24, 2.45) is 0 Å². The van der Waals surface area contributed by atoms with Gasteiger partial charge in [-0.05, 0) is 37.5 Å². The van der Waals surface area contributed by atoms with Gasteiger partial charge in [0.25, 0.3) is 0 Å². The van der Waals surface area contributed by atoms with Crippen LogP contribution in [0.5, 0.6) is 5.75 Å². The van der Waals surface area contributed by atoms with Gasteiger partial charge >= 0.3 is 12.3 Å². The van der Waals surface area contributed by atoms with Crippen molar-refractivity contribution in [3.63, 3.8) is 0 Å². The SMILES string of the molecule is [CH]CCc1cccc(OC(F)(F)C(F)(F)F)c1. The fraction of sp³-hybridized carbons (Fsp3) is 0.364. The van der Waals surface area contributed by atoms with Crippen molar-refractivity contribution in [3.8, 4) is 5.75 Å². The summed E-state index contributed by atoms with van der Waals surface area (Å²) in [5.41, 5.74) is 0.531. The Kier molecular flexibility index (Phi) is 3.95. The molecule has 17 heavy (non-hydrogen) atoms. The van der Waals surface area contributed by atoms with E-state index in [0.717, 1.165) is 12.1 Å². The van der Waals surface area contributed by atoms with E-state index in [0.29, 0.717) is 12.0 Å². The van der Waals surface area contributed by atoms with Crippen LogP contribution in [0.15, 0.2) is 24.3 Å². The van der Waals surface area contributed by atoms with Gasteiger partial charge in [-0.1, -0.05) is 12.1 Å². The van der Waals surface area contributed by atoms with Gasteiger partial charge in [-0.15, -0.1) is 0 Å². The third kappa shape index (κ3) is 3.57. The molecule has 0 aromatic heterocycles. The molecule has 0 saturated heterocycles. The quantitative estimate of drug-likeness (QED) is 0.739. The average Bonchev–Trinajstić information content (AvgIpc) is 2.16. The molecule has 1 aromatic carbocycles. The average molecular weight is 252 g/mol. The van der Waals surface area contributed by atoms with Crippen molar-refractivity contribution < 1.29 is 26.7 Å². The van der Waals surface area contributed by atoms with Crippen LogP contribution in [-0.4, -0.2) is 12.3 Å². The summed E-state index contributed by atoms with van der Waals surface area (Å²) in [7, 11) is 0. The third-order valence-corrected chi connectivity index (χ3v) is 1.91. The molecule has 6 heteroatoms. The van der Waals surface area contributed by atoms with Crippen molar-refractivity contribution in [3.05, 3.63) is 36.8 Å². The fourth-order valence-corrected chi connectivity index (χ4v) is 1.14. The zero-order valence-corrected chi connectivity index (χ0v) is 8.60. The molecule has 0 unspecified atom stereocenters. The predicted octanol–water partition coefficient (Wildman–Crippen LogP) is 3.86. The molecule has 0 fully saturated rings. The van der Waals surface area contributed by atoms with Crippen LogP contribution in [0.1, 0.15) is 12.0 Å². The van der Waals surface area contributed by atoms with Gasteiger partial charge in [0, 0.05) is 0 Å². The predicted molar refractivity (Wildman–Crippen MR) is 50.7 cm³/mol. The van der Waals surface area contributed by atoms with E-state index in [-0.39, 0.29) is 6.42 Å². The van der Waals surface area contributed by atoms with Crippen LogP contribution < -0.4 is 4.74 Å². The Labute approximate surface area is 95.2 Å². The van der Waals surface area contributed by atoms with Gasteiger partial charge in [-0.25, -0.2) is 0 Å². The highest BCUT2D eigenvalue weighted by Gasteiger charge is 2.61. The zero-order valence-electron chi connectivity index (χ0n) is 8.60. The van der Waals surface area contributed by atoms with Crippen LogP contribution in [0, 0.1) is 6.92 Å². The molecule has 0 heterocycles. The molecular formula is C11H9F5O. The lowest BCUT2D eigenvalue weighted by Crippen LogP contribution is -2.41. The number of ether oxygens (including phenoxy) is 1. The maximum Gasteiger partial charge on any atom is 0.499 e. The number of benzene rings is 1. The molecule has 1 aromatic rings. The summed E-state index contributed by atoms with van der Waals surface area (Å²) in [4.78, 5) is 0. The highest BCUT2D eigenvalue weighted by Crippen LogP contribution is 2.37. The first kappa shape index (κ1) is 13.7. The minimum atomic E-state index is -5.74. The maximum atomic E-state index is 12.6. The Morgan fingerprint density at radius 2 is 1.76 bits per heavy atom. The zero-order chi connectivity index (χ0) is 13.1. The van der Waals surface area contributed by atoms with Gasteiger partial charge in [0.1, 0.15) is 5.75 Å². The third-order valence-electron chi connectivity index (χ3n) is 1.91. The molecular weight excluding hydrogens is 243 g/mol. The summed E-state index contributed by atoms with van der Waals surface area (Å²) in [6.07, 6.45) is -10.3. The van der Waals surface area contributed by atoms with E-state index in [1.165, 1.54) is 6.07 Å². The molecule has 94 valence electrons. The summed E-state index contributed by atoms with van der Waals surface area (Å²) in [5, 5.41) is 0. The Balaban J connectivity index is 2.84. The normalized spacial score (nSPS) is 12.6. The number of rotatable bonds is 4. The van der Waals surface area contributed by atoms with Gasteiger partial charge in [-0.3, -0.25) is 0 Å². The molecule has 0 amide bonds. The lowest BCUT2D eigenvalue weighted by molar-refractivity contribution is -0.360. The van der Waals surface area contributed by atoms with Crippen LogP contribution in [0.2, 0.25) is 0 Å². The number of hydrogen-bond acceptors (Lipinski definition) is 1. The van der Waals surface area contributed by atoms with E-state index in [2.05, 4.69) is 4.74 Å². The molecule has 0 aliphatic rings. The van der Waals surface area contributed by atoms with Crippen LogP contribution in [0.25, 0.3) is 0 Å². The minimum absolute atomic E-state index is 0.263. The first-order valence-corrected chi connectivity index (χ1v) is 4.69. The Morgan fingerprint density at radius 1 is 1.12 bits per heavy atom. The van der Waals surface area contributed by atoms with E-state index < -0.39 is 18.0 Å².